The lowest BCUT2D eigenvalue weighted by molar-refractivity contribution is -0.126. The molecule has 0 aromatic heterocycles. The van der Waals surface area contributed by atoms with Crippen molar-refractivity contribution in [1.29, 1.82) is 0 Å². The highest BCUT2D eigenvalue weighted by molar-refractivity contribution is 5.79. The van der Waals surface area contributed by atoms with Gasteiger partial charge in [0.25, 0.3) is 0 Å². The van der Waals surface area contributed by atoms with Crippen LogP contribution in [-0.2, 0) is 16.1 Å². The molecule has 1 aromatic rings. The summed E-state index contributed by atoms with van der Waals surface area (Å²) >= 11 is 0. The number of anilines is 1. The molecule has 0 spiro atoms. The van der Waals surface area contributed by atoms with Gasteiger partial charge < -0.3 is 20.7 Å². The average Bonchev–Trinajstić information content (AvgIpc) is 2.60. The Hall–Kier alpha value is -1.59. The number of amides is 1. The monoisotopic (exact) mass is 317 g/mol. The summed E-state index contributed by atoms with van der Waals surface area (Å²) in [6.45, 7) is 3.92. The highest BCUT2D eigenvalue weighted by Gasteiger charge is 2.25. The van der Waals surface area contributed by atoms with E-state index in [9.17, 15) is 4.79 Å². The minimum absolute atomic E-state index is 0.0781. The molecule has 2 aliphatic rings. The second-order valence-corrected chi connectivity index (χ2v) is 6.57. The van der Waals surface area contributed by atoms with Gasteiger partial charge in [-0.25, -0.2) is 0 Å². The van der Waals surface area contributed by atoms with Gasteiger partial charge in [0.1, 0.15) is 0 Å². The number of nitrogens with zero attached hydrogens (tertiary/aromatic N) is 1. The lowest BCUT2D eigenvalue weighted by Crippen LogP contribution is -2.39. The van der Waals surface area contributed by atoms with Crippen LogP contribution in [0.25, 0.3) is 0 Å². The van der Waals surface area contributed by atoms with Crippen LogP contribution < -0.4 is 16.0 Å². The van der Waals surface area contributed by atoms with Gasteiger partial charge in [-0.15, -0.1) is 0 Å². The Bertz CT molecular complexity index is 529. The van der Waals surface area contributed by atoms with Crippen LogP contribution in [0.1, 0.15) is 31.2 Å². The number of benzene rings is 1. The van der Waals surface area contributed by atoms with Gasteiger partial charge in [0, 0.05) is 37.3 Å². The number of ether oxygens (including phenoxy) is 1. The number of rotatable bonds is 4. The van der Waals surface area contributed by atoms with Gasteiger partial charge in [0.15, 0.2) is 0 Å². The minimum atomic E-state index is 0.0781. The molecule has 2 fully saturated rings. The van der Waals surface area contributed by atoms with Crippen LogP contribution in [0.2, 0.25) is 0 Å². The Kier molecular flexibility index (Phi) is 5.51. The van der Waals surface area contributed by atoms with Crippen LogP contribution in [0.3, 0.4) is 0 Å². The number of hydrogen-bond donors (Lipinski definition) is 2. The molecule has 0 bridgehead atoms. The second-order valence-electron chi connectivity index (χ2n) is 6.57. The van der Waals surface area contributed by atoms with E-state index < -0.39 is 0 Å². The van der Waals surface area contributed by atoms with E-state index in [2.05, 4.69) is 28.4 Å². The van der Waals surface area contributed by atoms with E-state index >= 15 is 0 Å². The first-order valence-electron chi connectivity index (χ1n) is 8.68. The summed E-state index contributed by atoms with van der Waals surface area (Å²) in [5, 5.41) is 3.12. The average molecular weight is 317 g/mol. The molecule has 0 radical (unpaired) electrons. The van der Waals surface area contributed by atoms with E-state index in [-0.39, 0.29) is 17.9 Å². The summed E-state index contributed by atoms with van der Waals surface area (Å²) in [6.07, 6.45) is 3.88. The molecule has 5 heteroatoms. The third-order valence-electron chi connectivity index (χ3n) is 4.88. The number of para-hydroxylation sites is 1. The fourth-order valence-corrected chi connectivity index (χ4v) is 3.57. The molecule has 1 aliphatic heterocycles. The molecule has 1 aliphatic carbocycles. The molecule has 1 saturated carbocycles. The first-order valence-corrected chi connectivity index (χ1v) is 8.68. The van der Waals surface area contributed by atoms with E-state index in [1.807, 2.05) is 6.07 Å². The Balaban J connectivity index is 1.60. The zero-order valence-corrected chi connectivity index (χ0v) is 13.7. The van der Waals surface area contributed by atoms with Crippen LogP contribution in [0.15, 0.2) is 24.3 Å². The number of carbonyl (C=O) groups excluding carboxylic acids is 1. The summed E-state index contributed by atoms with van der Waals surface area (Å²) in [6, 6.07) is 8.49. The maximum absolute atomic E-state index is 12.4. The van der Waals surface area contributed by atoms with Gasteiger partial charge in [-0.05, 0) is 30.9 Å². The first kappa shape index (κ1) is 16.3. The fraction of sp³-hybridized carbons (Fsp3) is 0.611. The third-order valence-corrected chi connectivity index (χ3v) is 4.88. The maximum Gasteiger partial charge on any atom is 0.223 e. The Morgan fingerprint density at radius 2 is 2.04 bits per heavy atom. The molecule has 0 unspecified atom stereocenters. The normalized spacial score (nSPS) is 25.2. The molecule has 1 heterocycles. The largest absolute Gasteiger partial charge is 0.378 e. The van der Waals surface area contributed by atoms with Crippen LogP contribution in [0.5, 0.6) is 0 Å². The highest BCUT2D eigenvalue weighted by Crippen LogP contribution is 2.24. The van der Waals surface area contributed by atoms with Crippen LogP contribution in [-0.4, -0.2) is 38.3 Å². The molecule has 2 atom stereocenters. The summed E-state index contributed by atoms with van der Waals surface area (Å²) in [4.78, 5) is 14.7. The van der Waals surface area contributed by atoms with E-state index in [0.717, 1.165) is 52.0 Å². The van der Waals surface area contributed by atoms with E-state index in [1.54, 1.807) is 0 Å². The van der Waals surface area contributed by atoms with Gasteiger partial charge in [-0.2, -0.15) is 0 Å². The van der Waals surface area contributed by atoms with Gasteiger partial charge in [-0.1, -0.05) is 24.6 Å². The van der Waals surface area contributed by atoms with Crippen molar-refractivity contribution in [3.8, 4) is 0 Å². The predicted octanol–water partition coefficient (Wildman–Crippen LogP) is 1.66. The number of morpholine rings is 1. The molecule has 3 rings (SSSR count). The third kappa shape index (κ3) is 4.24. The van der Waals surface area contributed by atoms with Crippen molar-refractivity contribution in [1.82, 2.24) is 5.32 Å². The molecule has 23 heavy (non-hydrogen) atoms. The lowest BCUT2D eigenvalue weighted by Gasteiger charge is -2.31. The summed E-state index contributed by atoms with van der Waals surface area (Å²) in [5.41, 5.74) is 8.37. The fourth-order valence-electron chi connectivity index (χ4n) is 3.57. The van der Waals surface area contributed by atoms with Crippen molar-refractivity contribution in [3.63, 3.8) is 0 Å². The van der Waals surface area contributed by atoms with E-state index in [1.165, 1.54) is 11.3 Å². The molecule has 1 saturated heterocycles. The van der Waals surface area contributed by atoms with E-state index in [0.29, 0.717) is 6.54 Å². The van der Waals surface area contributed by atoms with Gasteiger partial charge in [-0.3, -0.25) is 4.79 Å². The molecule has 126 valence electrons. The summed E-state index contributed by atoms with van der Waals surface area (Å²) in [5.74, 6) is 0.228. The van der Waals surface area contributed by atoms with Crippen molar-refractivity contribution in [2.24, 2.45) is 11.7 Å². The molecule has 3 N–H and O–H groups in total. The highest BCUT2D eigenvalue weighted by atomic mass is 16.5. The lowest BCUT2D eigenvalue weighted by atomic mass is 9.85. The zero-order chi connectivity index (χ0) is 16.1. The molecule has 1 amide bonds. The van der Waals surface area contributed by atoms with Crippen LogP contribution in [0.4, 0.5) is 5.69 Å². The van der Waals surface area contributed by atoms with Crippen molar-refractivity contribution < 1.29 is 9.53 Å². The molecule has 1 aromatic carbocycles. The zero-order valence-electron chi connectivity index (χ0n) is 13.7. The second kappa shape index (κ2) is 7.79. The first-order chi connectivity index (χ1) is 11.2. The van der Waals surface area contributed by atoms with Crippen LogP contribution >= 0.6 is 0 Å². The van der Waals surface area contributed by atoms with Gasteiger partial charge in [0.2, 0.25) is 5.91 Å². The van der Waals surface area contributed by atoms with Gasteiger partial charge >= 0.3 is 0 Å². The predicted molar refractivity (Wildman–Crippen MR) is 91.3 cm³/mol. The Labute approximate surface area is 138 Å². The van der Waals surface area contributed by atoms with Gasteiger partial charge in [0.05, 0.1) is 13.2 Å². The minimum Gasteiger partial charge on any atom is -0.378 e. The van der Waals surface area contributed by atoms with Crippen molar-refractivity contribution in [2.45, 2.75) is 38.3 Å². The van der Waals surface area contributed by atoms with Crippen LogP contribution in [0, 0.1) is 5.92 Å². The smallest absolute Gasteiger partial charge is 0.223 e. The standard InChI is InChI=1S/C18H27N3O2/c19-16-6-3-5-14(12-16)18(22)20-13-15-4-1-2-7-17(15)21-8-10-23-11-9-21/h1-2,4,7,14,16H,3,5-6,8-13,19H2,(H,20,22)/t14-,16+/m0/s1. The summed E-state index contributed by atoms with van der Waals surface area (Å²) < 4.78 is 5.43. The Morgan fingerprint density at radius 3 is 2.83 bits per heavy atom. The van der Waals surface area contributed by atoms with Crippen molar-refractivity contribution in [3.05, 3.63) is 29.8 Å². The molecule has 5 nitrogen and oxygen atoms in total. The Morgan fingerprint density at radius 1 is 1.26 bits per heavy atom. The van der Waals surface area contributed by atoms with Crippen molar-refractivity contribution in [2.75, 3.05) is 31.2 Å². The SMILES string of the molecule is N[C@@H]1CCC[C@H](C(=O)NCc2ccccc2N2CCOCC2)C1. The topological polar surface area (TPSA) is 67.6 Å². The molecular formula is C18H27N3O2. The summed E-state index contributed by atoms with van der Waals surface area (Å²) in [7, 11) is 0. The number of carbonyl (C=O) groups is 1. The number of hydrogen-bond acceptors (Lipinski definition) is 4. The number of nitrogens with one attached hydrogen (secondary N) is 1. The molecular weight excluding hydrogens is 290 g/mol. The van der Waals surface area contributed by atoms with Crippen molar-refractivity contribution >= 4 is 11.6 Å². The number of nitrogens with two attached hydrogens (primary N) is 1. The maximum atomic E-state index is 12.4. The quantitative estimate of drug-likeness (QED) is 0.886. The van der Waals surface area contributed by atoms with E-state index in [4.69, 9.17) is 10.5 Å².